The molecule has 8 heteroatoms. The summed E-state index contributed by atoms with van der Waals surface area (Å²) in [5.41, 5.74) is 4.29. The minimum Gasteiger partial charge on any atom is -0.451 e. The van der Waals surface area contributed by atoms with E-state index in [0.29, 0.717) is 16.9 Å². The Kier molecular flexibility index (Phi) is 5.69. The van der Waals surface area contributed by atoms with Crippen LogP contribution in [0.1, 0.15) is 32.9 Å². The van der Waals surface area contributed by atoms with Gasteiger partial charge in [-0.25, -0.2) is 4.79 Å². The Morgan fingerprint density at radius 3 is 2.48 bits per heavy atom. The van der Waals surface area contributed by atoms with Gasteiger partial charge in [-0.15, -0.1) is 5.10 Å². The fraction of sp³-hybridized carbons (Fsp3) is 0.190. The minimum absolute atomic E-state index is 0.0520. The fourth-order valence-electron chi connectivity index (χ4n) is 2.73. The largest absolute Gasteiger partial charge is 0.451 e. The number of aromatic nitrogens is 3. The van der Waals surface area contributed by atoms with E-state index in [4.69, 9.17) is 10.00 Å². The molecule has 0 bridgehead atoms. The van der Waals surface area contributed by atoms with Crippen LogP contribution in [0.5, 0.6) is 0 Å². The van der Waals surface area contributed by atoms with Crippen molar-refractivity contribution in [1.82, 2.24) is 15.0 Å². The molecule has 0 aliphatic heterocycles. The monoisotopic (exact) mass is 389 g/mol. The second-order valence-electron chi connectivity index (χ2n) is 6.53. The number of nitrogens with one attached hydrogen (secondary N) is 1. The van der Waals surface area contributed by atoms with Gasteiger partial charge >= 0.3 is 5.97 Å². The van der Waals surface area contributed by atoms with Gasteiger partial charge in [0, 0.05) is 5.69 Å². The molecule has 0 fully saturated rings. The van der Waals surface area contributed by atoms with E-state index in [2.05, 4.69) is 15.5 Å². The van der Waals surface area contributed by atoms with Gasteiger partial charge in [0.25, 0.3) is 5.91 Å². The summed E-state index contributed by atoms with van der Waals surface area (Å²) < 4.78 is 5.07. The Bertz CT molecular complexity index is 1110. The molecule has 1 aromatic heterocycles. The van der Waals surface area contributed by atoms with E-state index >= 15 is 0 Å². The summed E-state index contributed by atoms with van der Waals surface area (Å²) in [6.07, 6.45) is 0. The quantitative estimate of drug-likeness (QED) is 0.672. The van der Waals surface area contributed by atoms with E-state index in [1.165, 1.54) is 4.80 Å². The molecule has 8 nitrogen and oxygen atoms in total. The molecule has 2 aromatic carbocycles. The number of esters is 1. The van der Waals surface area contributed by atoms with Crippen molar-refractivity contribution in [2.75, 3.05) is 11.9 Å². The number of carbonyl (C=O) groups excluding carboxylic acids is 2. The highest BCUT2D eigenvalue weighted by atomic mass is 16.5. The number of hydrogen-bond donors (Lipinski definition) is 1. The van der Waals surface area contributed by atoms with Crippen LogP contribution in [-0.4, -0.2) is 33.5 Å². The van der Waals surface area contributed by atoms with Gasteiger partial charge in [-0.1, -0.05) is 17.7 Å². The van der Waals surface area contributed by atoms with E-state index in [-0.39, 0.29) is 5.69 Å². The molecular weight excluding hydrogens is 370 g/mol. The average Bonchev–Trinajstić information content (AvgIpc) is 3.08. The fourth-order valence-corrected chi connectivity index (χ4v) is 2.73. The maximum atomic E-state index is 12.3. The first-order valence-corrected chi connectivity index (χ1v) is 8.86. The van der Waals surface area contributed by atoms with Crippen LogP contribution in [0, 0.1) is 32.1 Å². The number of rotatable bonds is 5. The molecule has 1 amide bonds. The Morgan fingerprint density at radius 1 is 1.10 bits per heavy atom. The lowest BCUT2D eigenvalue weighted by atomic mass is 10.1. The van der Waals surface area contributed by atoms with Gasteiger partial charge in [0.05, 0.1) is 23.0 Å². The molecule has 0 radical (unpaired) electrons. The maximum Gasteiger partial charge on any atom is 0.361 e. The van der Waals surface area contributed by atoms with Crippen LogP contribution < -0.4 is 5.32 Å². The highest BCUT2D eigenvalue weighted by Gasteiger charge is 2.19. The molecule has 3 rings (SSSR count). The van der Waals surface area contributed by atoms with Crippen molar-refractivity contribution in [1.29, 1.82) is 5.26 Å². The van der Waals surface area contributed by atoms with Crippen molar-refractivity contribution in [3.8, 4) is 11.8 Å². The predicted molar refractivity (Wildman–Crippen MR) is 106 cm³/mol. The van der Waals surface area contributed by atoms with E-state index in [0.717, 1.165) is 16.8 Å². The minimum atomic E-state index is -0.728. The molecule has 0 spiro atoms. The van der Waals surface area contributed by atoms with E-state index < -0.39 is 18.5 Å². The number of anilines is 1. The Morgan fingerprint density at radius 2 is 1.83 bits per heavy atom. The third-order valence-corrected chi connectivity index (χ3v) is 4.18. The van der Waals surface area contributed by atoms with Gasteiger partial charge in [0.1, 0.15) is 0 Å². The Labute approximate surface area is 167 Å². The molecule has 0 unspecified atom stereocenters. The predicted octanol–water partition coefficient (Wildman–Crippen LogP) is 2.86. The standard InChI is InChI=1S/C21H19N5O3/c1-13-4-9-18(14(2)10-13)26-24-15(3)20(25-26)21(28)29-12-19(27)23-17-7-5-16(11-22)6-8-17/h4-10H,12H2,1-3H3,(H,23,27). The highest BCUT2D eigenvalue weighted by molar-refractivity contribution is 5.95. The smallest absolute Gasteiger partial charge is 0.361 e. The lowest BCUT2D eigenvalue weighted by Gasteiger charge is -2.06. The summed E-state index contributed by atoms with van der Waals surface area (Å²) >= 11 is 0. The first-order chi connectivity index (χ1) is 13.9. The molecule has 0 atom stereocenters. The van der Waals surface area contributed by atoms with Gasteiger partial charge in [0.2, 0.25) is 0 Å². The zero-order chi connectivity index (χ0) is 21.0. The van der Waals surface area contributed by atoms with E-state index in [1.54, 1.807) is 31.2 Å². The second kappa shape index (κ2) is 8.35. The summed E-state index contributed by atoms with van der Waals surface area (Å²) in [4.78, 5) is 25.7. The van der Waals surface area contributed by atoms with Gasteiger partial charge in [0.15, 0.2) is 12.3 Å². The first kappa shape index (κ1) is 19.8. The summed E-state index contributed by atoms with van der Waals surface area (Å²) in [5.74, 6) is -1.23. The van der Waals surface area contributed by atoms with Gasteiger partial charge < -0.3 is 10.1 Å². The molecule has 0 saturated heterocycles. The summed E-state index contributed by atoms with van der Waals surface area (Å²) in [5, 5.41) is 19.9. The number of ether oxygens (including phenoxy) is 1. The molecule has 0 aliphatic rings. The Hall–Kier alpha value is -3.99. The zero-order valence-electron chi connectivity index (χ0n) is 16.3. The lowest BCUT2D eigenvalue weighted by Crippen LogP contribution is -2.21. The van der Waals surface area contributed by atoms with Crippen molar-refractivity contribution in [3.05, 3.63) is 70.5 Å². The van der Waals surface area contributed by atoms with Crippen molar-refractivity contribution in [3.63, 3.8) is 0 Å². The van der Waals surface area contributed by atoms with Crippen molar-refractivity contribution < 1.29 is 14.3 Å². The lowest BCUT2D eigenvalue weighted by molar-refractivity contribution is -0.119. The highest BCUT2D eigenvalue weighted by Crippen LogP contribution is 2.16. The topological polar surface area (TPSA) is 110 Å². The van der Waals surface area contributed by atoms with Crippen molar-refractivity contribution in [2.45, 2.75) is 20.8 Å². The second-order valence-corrected chi connectivity index (χ2v) is 6.53. The van der Waals surface area contributed by atoms with E-state index in [1.807, 2.05) is 38.1 Å². The van der Waals surface area contributed by atoms with Crippen LogP contribution in [0.25, 0.3) is 5.69 Å². The van der Waals surface area contributed by atoms with Crippen LogP contribution in [0.4, 0.5) is 5.69 Å². The summed E-state index contributed by atoms with van der Waals surface area (Å²) in [6.45, 7) is 5.12. The number of benzene rings is 2. The third-order valence-electron chi connectivity index (χ3n) is 4.18. The zero-order valence-corrected chi connectivity index (χ0v) is 16.3. The van der Waals surface area contributed by atoms with Crippen molar-refractivity contribution >= 4 is 17.6 Å². The third kappa shape index (κ3) is 4.65. The summed E-state index contributed by atoms with van der Waals surface area (Å²) in [6, 6.07) is 14.2. The summed E-state index contributed by atoms with van der Waals surface area (Å²) in [7, 11) is 0. The van der Waals surface area contributed by atoms with Crippen LogP contribution in [0.15, 0.2) is 42.5 Å². The van der Waals surface area contributed by atoms with Gasteiger partial charge in [-0.05, 0) is 56.7 Å². The molecule has 0 saturated carbocycles. The number of carbonyl (C=O) groups is 2. The SMILES string of the molecule is Cc1ccc(-n2nc(C)c(C(=O)OCC(=O)Nc3ccc(C#N)cc3)n2)c(C)c1. The normalized spacial score (nSPS) is 10.3. The molecule has 29 heavy (non-hydrogen) atoms. The van der Waals surface area contributed by atoms with Gasteiger partial charge in [-0.2, -0.15) is 15.2 Å². The number of aryl methyl sites for hydroxylation is 3. The number of hydrogen-bond acceptors (Lipinski definition) is 6. The molecular formula is C21H19N5O3. The molecule has 1 heterocycles. The van der Waals surface area contributed by atoms with Crippen LogP contribution in [0.3, 0.4) is 0 Å². The van der Waals surface area contributed by atoms with Crippen molar-refractivity contribution in [2.24, 2.45) is 0 Å². The van der Waals surface area contributed by atoms with E-state index in [9.17, 15) is 9.59 Å². The number of amides is 1. The van der Waals surface area contributed by atoms with Crippen LogP contribution in [0.2, 0.25) is 0 Å². The van der Waals surface area contributed by atoms with Crippen LogP contribution in [-0.2, 0) is 9.53 Å². The van der Waals surface area contributed by atoms with Gasteiger partial charge in [-0.3, -0.25) is 4.79 Å². The molecule has 146 valence electrons. The molecule has 1 N–H and O–H groups in total. The molecule has 3 aromatic rings. The Balaban J connectivity index is 1.64. The number of nitriles is 1. The molecule has 0 aliphatic carbocycles. The average molecular weight is 389 g/mol. The number of nitrogens with zero attached hydrogens (tertiary/aromatic N) is 4. The van der Waals surface area contributed by atoms with Crippen LogP contribution >= 0.6 is 0 Å². The maximum absolute atomic E-state index is 12.3. The first-order valence-electron chi connectivity index (χ1n) is 8.86.